The third-order valence-corrected chi connectivity index (χ3v) is 3.79. The second kappa shape index (κ2) is 4.57. The van der Waals surface area contributed by atoms with Gasteiger partial charge in [0.1, 0.15) is 5.82 Å². The summed E-state index contributed by atoms with van der Waals surface area (Å²) in [5.41, 5.74) is 2.13. The molecule has 1 N–H and O–H groups in total. The van der Waals surface area contributed by atoms with E-state index in [1.54, 1.807) is 7.05 Å². The van der Waals surface area contributed by atoms with E-state index >= 15 is 0 Å². The maximum absolute atomic E-state index is 11.9. The van der Waals surface area contributed by atoms with Crippen molar-refractivity contribution >= 4 is 11.5 Å². The number of carbonyl (C=O) groups excluding carboxylic acids is 1. The van der Waals surface area contributed by atoms with Crippen LogP contribution < -0.4 is 5.32 Å². The Hall–Kier alpha value is -2.04. The zero-order chi connectivity index (χ0) is 13.4. The van der Waals surface area contributed by atoms with E-state index < -0.39 is 0 Å². The molecule has 5 nitrogen and oxygen atoms in total. The molecule has 0 radical (unpaired) electrons. The van der Waals surface area contributed by atoms with E-state index in [2.05, 4.69) is 20.8 Å². The summed E-state index contributed by atoms with van der Waals surface area (Å²) in [6, 6.07) is 6.12. The maximum Gasteiger partial charge on any atom is 0.317 e. The third kappa shape index (κ3) is 1.85. The molecule has 3 rings (SSSR count). The fraction of sp³-hybridized carbons (Fsp3) is 0.429. The minimum Gasteiger partial charge on any atom is -0.341 e. The number of nitrogens with one attached hydrogen (secondary N) is 1. The molecular weight excluding hydrogens is 240 g/mol. The SMILES string of the molecule is CNC(=O)N1CCCC1c1nc(C)c2ccccn12. The van der Waals surface area contributed by atoms with Gasteiger partial charge in [0.25, 0.3) is 0 Å². The van der Waals surface area contributed by atoms with Crippen LogP contribution in [0.2, 0.25) is 0 Å². The summed E-state index contributed by atoms with van der Waals surface area (Å²) in [4.78, 5) is 18.5. The minimum atomic E-state index is -0.0205. The van der Waals surface area contributed by atoms with Crippen molar-refractivity contribution in [1.29, 1.82) is 0 Å². The van der Waals surface area contributed by atoms with Crippen LogP contribution in [0.25, 0.3) is 5.52 Å². The molecule has 1 aliphatic rings. The van der Waals surface area contributed by atoms with E-state index in [0.717, 1.165) is 36.4 Å². The number of carbonyl (C=O) groups is 1. The second-order valence-electron chi connectivity index (χ2n) is 4.92. The Bertz CT molecular complexity index is 619. The van der Waals surface area contributed by atoms with E-state index in [9.17, 15) is 4.79 Å². The molecule has 5 heteroatoms. The fourth-order valence-corrected chi connectivity index (χ4v) is 2.88. The predicted molar refractivity (Wildman–Crippen MR) is 73.1 cm³/mol. The summed E-state index contributed by atoms with van der Waals surface area (Å²) in [6.45, 7) is 2.81. The molecule has 1 fully saturated rings. The average Bonchev–Trinajstić information content (AvgIpc) is 3.03. The van der Waals surface area contributed by atoms with Crippen LogP contribution in [0.1, 0.15) is 30.4 Å². The van der Waals surface area contributed by atoms with Crippen molar-refractivity contribution in [1.82, 2.24) is 19.6 Å². The van der Waals surface area contributed by atoms with Gasteiger partial charge in [-0.05, 0) is 31.9 Å². The van der Waals surface area contributed by atoms with Gasteiger partial charge in [-0.25, -0.2) is 9.78 Å². The van der Waals surface area contributed by atoms with E-state index in [1.807, 2.05) is 30.2 Å². The number of amides is 2. The van der Waals surface area contributed by atoms with Crippen LogP contribution in [0.3, 0.4) is 0 Å². The zero-order valence-corrected chi connectivity index (χ0v) is 11.3. The van der Waals surface area contributed by atoms with Gasteiger partial charge >= 0.3 is 6.03 Å². The number of urea groups is 1. The number of nitrogens with zero attached hydrogens (tertiary/aromatic N) is 3. The standard InChI is InChI=1S/C14H18N4O/c1-10-11-6-3-4-8-17(11)13(16-10)12-7-5-9-18(12)14(19)15-2/h3-4,6,8,12H,5,7,9H2,1-2H3,(H,15,19). The number of imidazole rings is 1. The Labute approximate surface area is 112 Å². The van der Waals surface area contributed by atoms with Crippen molar-refractivity contribution in [2.45, 2.75) is 25.8 Å². The number of aromatic nitrogens is 2. The molecule has 0 aromatic carbocycles. The number of pyridine rings is 1. The second-order valence-corrected chi connectivity index (χ2v) is 4.92. The molecule has 19 heavy (non-hydrogen) atoms. The van der Waals surface area contributed by atoms with E-state index in [1.165, 1.54) is 0 Å². The van der Waals surface area contributed by atoms with Crippen LogP contribution in [-0.2, 0) is 0 Å². The molecule has 0 aliphatic carbocycles. The Balaban J connectivity index is 2.06. The van der Waals surface area contributed by atoms with Crippen molar-refractivity contribution in [3.8, 4) is 0 Å². The van der Waals surface area contributed by atoms with Crippen molar-refractivity contribution in [3.05, 3.63) is 35.9 Å². The van der Waals surface area contributed by atoms with Gasteiger partial charge in [-0.2, -0.15) is 0 Å². The number of hydrogen-bond acceptors (Lipinski definition) is 2. The molecule has 2 aromatic rings. The lowest BCUT2D eigenvalue weighted by Gasteiger charge is -2.23. The number of likely N-dealkylation sites (tertiary alicyclic amines) is 1. The summed E-state index contributed by atoms with van der Waals surface area (Å²) in [5, 5.41) is 2.71. The molecule has 1 unspecified atom stereocenters. The zero-order valence-electron chi connectivity index (χ0n) is 11.3. The summed E-state index contributed by atoms with van der Waals surface area (Å²) < 4.78 is 2.10. The molecule has 0 saturated carbocycles. The largest absolute Gasteiger partial charge is 0.341 e. The van der Waals surface area contributed by atoms with Gasteiger partial charge in [0.05, 0.1) is 17.3 Å². The highest BCUT2D eigenvalue weighted by Crippen LogP contribution is 2.32. The quantitative estimate of drug-likeness (QED) is 0.851. The Kier molecular flexibility index (Phi) is 2.89. The lowest BCUT2D eigenvalue weighted by Crippen LogP contribution is -2.38. The first-order valence-corrected chi connectivity index (χ1v) is 6.64. The Morgan fingerprint density at radius 1 is 1.47 bits per heavy atom. The molecule has 2 aromatic heterocycles. The van der Waals surface area contributed by atoms with Gasteiger partial charge in [0.2, 0.25) is 0 Å². The number of fused-ring (bicyclic) bond motifs is 1. The smallest absolute Gasteiger partial charge is 0.317 e. The van der Waals surface area contributed by atoms with Crippen molar-refractivity contribution in [2.75, 3.05) is 13.6 Å². The fourth-order valence-electron chi connectivity index (χ4n) is 2.88. The van der Waals surface area contributed by atoms with Crippen molar-refractivity contribution in [3.63, 3.8) is 0 Å². The first-order valence-electron chi connectivity index (χ1n) is 6.64. The van der Waals surface area contributed by atoms with Gasteiger partial charge < -0.3 is 14.6 Å². The van der Waals surface area contributed by atoms with E-state index in [0.29, 0.717) is 0 Å². The van der Waals surface area contributed by atoms with E-state index in [-0.39, 0.29) is 12.1 Å². The summed E-state index contributed by atoms with van der Waals surface area (Å²) in [6.07, 6.45) is 4.02. The highest BCUT2D eigenvalue weighted by atomic mass is 16.2. The molecule has 2 amide bonds. The summed E-state index contributed by atoms with van der Waals surface area (Å²) in [7, 11) is 1.67. The predicted octanol–water partition coefficient (Wildman–Crippen LogP) is 2.12. The third-order valence-electron chi connectivity index (χ3n) is 3.79. The van der Waals surface area contributed by atoms with Gasteiger partial charge in [-0.3, -0.25) is 0 Å². The van der Waals surface area contributed by atoms with Gasteiger partial charge in [0, 0.05) is 19.8 Å². The summed E-state index contributed by atoms with van der Waals surface area (Å²) >= 11 is 0. The number of hydrogen-bond donors (Lipinski definition) is 1. The molecule has 1 aliphatic heterocycles. The molecule has 1 atom stereocenters. The molecule has 1 saturated heterocycles. The number of rotatable bonds is 1. The molecule has 100 valence electrons. The van der Waals surface area contributed by atoms with Crippen LogP contribution in [0, 0.1) is 6.92 Å². The molecule has 0 bridgehead atoms. The highest BCUT2D eigenvalue weighted by Gasteiger charge is 2.32. The molecule has 3 heterocycles. The monoisotopic (exact) mass is 258 g/mol. The van der Waals surface area contributed by atoms with Gasteiger partial charge in [-0.15, -0.1) is 0 Å². The first-order chi connectivity index (χ1) is 9.22. The number of aryl methyl sites for hydroxylation is 1. The van der Waals surface area contributed by atoms with Crippen LogP contribution in [-0.4, -0.2) is 33.9 Å². The minimum absolute atomic E-state index is 0.0205. The summed E-state index contributed by atoms with van der Waals surface area (Å²) in [5.74, 6) is 0.967. The normalized spacial score (nSPS) is 19.1. The average molecular weight is 258 g/mol. The van der Waals surface area contributed by atoms with Crippen LogP contribution in [0.5, 0.6) is 0 Å². The van der Waals surface area contributed by atoms with Crippen LogP contribution in [0.15, 0.2) is 24.4 Å². The first kappa shape index (κ1) is 12.0. The molecule has 0 spiro atoms. The highest BCUT2D eigenvalue weighted by molar-refractivity contribution is 5.74. The van der Waals surface area contributed by atoms with Gasteiger partial charge in [-0.1, -0.05) is 6.07 Å². The van der Waals surface area contributed by atoms with E-state index in [4.69, 9.17) is 0 Å². The maximum atomic E-state index is 11.9. The van der Waals surface area contributed by atoms with Crippen LogP contribution >= 0.6 is 0 Å². The Morgan fingerprint density at radius 2 is 2.32 bits per heavy atom. The van der Waals surface area contributed by atoms with Crippen molar-refractivity contribution in [2.24, 2.45) is 0 Å². The lowest BCUT2D eigenvalue weighted by molar-refractivity contribution is 0.193. The van der Waals surface area contributed by atoms with Crippen molar-refractivity contribution < 1.29 is 4.79 Å². The molecular formula is C14H18N4O. The lowest BCUT2D eigenvalue weighted by atomic mass is 10.2. The van der Waals surface area contributed by atoms with Gasteiger partial charge in [0.15, 0.2) is 0 Å². The Morgan fingerprint density at radius 3 is 3.11 bits per heavy atom. The van der Waals surface area contributed by atoms with Crippen LogP contribution in [0.4, 0.5) is 4.79 Å². The topological polar surface area (TPSA) is 49.6 Å².